The number of carboxylic acid groups (broad SMARTS) is 1. The molecule has 0 fully saturated rings. The number of rotatable bonds is 15. The molecule has 2 N–H and O–H groups in total. The van der Waals surface area contributed by atoms with Crippen molar-refractivity contribution < 1.29 is 19.6 Å². The van der Waals surface area contributed by atoms with Crippen LogP contribution >= 0.6 is 0 Å². The Balaban J connectivity index is 1.38. The number of para-hydroxylation sites is 2. The molecule has 2 aliphatic heterocycles. The van der Waals surface area contributed by atoms with E-state index in [9.17, 15) is 9.90 Å². The summed E-state index contributed by atoms with van der Waals surface area (Å²) in [5.74, 6) is -0.710. The van der Waals surface area contributed by atoms with Crippen molar-refractivity contribution in [3.8, 4) is 0 Å². The highest BCUT2D eigenvalue weighted by Gasteiger charge is 2.44. The lowest BCUT2D eigenvalue weighted by molar-refractivity contribution is -0.438. The third kappa shape index (κ3) is 7.89. The van der Waals surface area contributed by atoms with Crippen LogP contribution in [0.25, 0.3) is 0 Å². The van der Waals surface area contributed by atoms with Crippen LogP contribution in [0.3, 0.4) is 0 Å². The van der Waals surface area contributed by atoms with Crippen LogP contribution in [0.1, 0.15) is 109 Å². The molecule has 0 bridgehead atoms. The van der Waals surface area contributed by atoms with Crippen molar-refractivity contribution in [3.05, 3.63) is 107 Å². The quantitative estimate of drug-likeness (QED) is 0.151. The Hall–Kier alpha value is -3.70. The van der Waals surface area contributed by atoms with Gasteiger partial charge in [0.05, 0.1) is 5.41 Å². The number of hydrogen-bond acceptors (Lipinski definition) is 3. The molecule has 0 aromatic heterocycles. The summed E-state index contributed by atoms with van der Waals surface area (Å²) in [6, 6.07) is 17.6. The van der Waals surface area contributed by atoms with Crippen molar-refractivity contribution >= 4 is 23.1 Å². The molecule has 2 aromatic rings. The van der Waals surface area contributed by atoms with Crippen molar-refractivity contribution in [2.24, 2.45) is 0 Å². The predicted octanol–water partition coefficient (Wildman–Crippen LogP) is 9.54. The number of nitrogens with zero attached hydrogens (tertiary/aromatic N) is 2. The van der Waals surface area contributed by atoms with Gasteiger partial charge in [0.15, 0.2) is 5.71 Å². The number of aliphatic hydroxyl groups is 1. The molecule has 0 atom stereocenters. The monoisotopic (exact) mass is 635 g/mol. The number of hydrogen-bond donors (Lipinski definition) is 2. The molecule has 0 radical (unpaired) electrons. The number of aliphatic hydroxyl groups excluding tert-OH is 1. The lowest BCUT2D eigenvalue weighted by Crippen LogP contribution is -2.28. The van der Waals surface area contributed by atoms with Crippen molar-refractivity contribution in [2.45, 2.75) is 109 Å². The first kappa shape index (κ1) is 34.6. The van der Waals surface area contributed by atoms with Gasteiger partial charge in [-0.3, -0.25) is 4.79 Å². The molecule has 0 spiro atoms. The summed E-state index contributed by atoms with van der Waals surface area (Å²) < 4.78 is 2.47. The molecule has 5 heteroatoms. The van der Waals surface area contributed by atoms with Crippen LogP contribution in [0.4, 0.5) is 11.4 Å². The van der Waals surface area contributed by atoms with Crippen LogP contribution < -0.4 is 4.90 Å². The van der Waals surface area contributed by atoms with E-state index in [1.165, 1.54) is 45.1 Å². The van der Waals surface area contributed by atoms with Crippen LogP contribution in [0.2, 0.25) is 0 Å². The highest BCUT2D eigenvalue weighted by molar-refractivity contribution is 6.03. The van der Waals surface area contributed by atoms with Gasteiger partial charge in [-0.05, 0) is 87.6 Å². The molecule has 3 aliphatic rings. The molecule has 5 rings (SSSR count). The zero-order chi connectivity index (χ0) is 33.4. The van der Waals surface area contributed by atoms with Crippen LogP contribution in [0, 0.1) is 0 Å². The normalized spacial score (nSPS) is 19.9. The fourth-order valence-electron chi connectivity index (χ4n) is 7.74. The number of anilines is 1. The van der Waals surface area contributed by atoms with E-state index in [0.717, 1.165) is 77.3 Å². The molecule has 250 valence electrons. The minimum atomic E-state index is -0.710. The first-order valence-corrected chi connectivity index (χ1v) is 17.9. The summed E-state index contributed by atoms with van der Waals surface area (Å²) >= 11 is 0. The SMILES string of the molecule is CC1(C)C(/C=C\C2=CC(=C/C=C3/N(CCCCCCO)c4ccccc4C3(C)C)/CCC2)=[N+](CCCCCC(=O)O)c2ccccc21. The number of carbonyl (C=O) groups is 1. The number of aliphatic carboxylic acids is 1. The van der Waals surface area contributed by atoms with Gasteiger partial charge in [-0.15, -0.1) is 0 Å². The van der Waals surface area contributed by atoms with Gasteiger partial charge in [0.2, 0.25) is 5.69 Å². The van der Waals surface area contributed by atoms with Crippen molar-refractivity contribution in [3.63, 3.8) is 0 Å². The second kappa shape index (κ2) is 15.5. The van der Waals surface area contributed by atoms with Gasteiger partial charge in [-0.1, -0.05) is 81.3 Å². The van der Waals surface area contributed by atoms with Crippen LogP contribution in [-0.2, 0) is 15.6 Å². The van der Waals surface area contributed by atoms with Gasteiger partial charge in [-0.25, -0.2) is 0 Å². The van der Waals surface area contributed by atoms with Crippen molar-refractivity contribution in [1.29, 1.82) is 0 Å². The van der Waals surface area contributed by atoms with Crippen LogP contribution in [0.5, 0.6) is 0 Å². The van der Waals surface area contributed by atoms with Crippen LogP contribution in [-0.4, -0.2) is 46.2 Å². The molecule has 47 heavy (non-hydrogen) atoms. The van der Waals surface area contributed by atoms with Gasteiger partial charge >= 0.3 is 5.97 Å². The topological polar surface area (TPSA) is 63.8 Å². The highest BCUT2D eigenvalue weighted by atomic mass is 16.4. The Bertz CT molecular complexity index is 1590. The van der Waals surface area contributed by atoms with Gasteiger partial charge in [0.25, 0.3) is 0 Å². The lowest BCUT2D eigenvalue weighted by atomic mass is 9.81. The number of carboxylic acids is 1. The summed E-state index contributed by atoms with van der Waals surface area (Å²) in [7, 11) is 0. The lowest BCUT2D eigenvalue weighted by Gasteiger charge is -2.27. The second-order valence-electron chi connectivity index (χ2n) is 14.5. The molecule has 1 aliphatic carbocycles. The standard InChI is InChI=1S/C42H54N2O3/c1-41(2)34-19-9-11-21-36(34)43(28-13-5-6-15-30-45)38(41)26-24-32-17-16-18-33(31-32)25-27-39-42(3,4)35-20-10-12-22-37(35)44(39)29-14-7-8-23-40(46)47/h9-12,19-22,24-27,31,45H,5-8,13-18,23,28-30H2,1-4H3/p+1. The largest absolute Gasteiger partial charge is 0.481 e. The number of allylic oxidation sites excluding steroid dienone is 8. The van der Waals surface area contributed by atoms with E-state index in [1.54, 1.807) is 0 Å². The van der Waals surface area contributed by atoms with Crippen molar-refractivity contribution in [1.82, 2.24) is 0 Å². The molecule has 2 heterocycles. The first-order chi connectivity index (χ1) is 22.6. The first-order valence-electron chi connectivity index (χ1n) is 17.9. The Kier molecular flexibility index (Phi) is 11.4. The maximum absolute atomic E-state index is 11.0. The second-order valence-corrected chi connectivity index (χ2v) is 14.5. The highest BCUT2D eigenvalue weighted by Crippen LogP contribution is 2.48. The Morgan fingerprint density at radius 3 is 2.34 bits per heavy atom. The predicted molar refractivity (Wildman–Crippen MR) is 195 cm³/mol. The Morgan fingerprint density at radius 2 is 1.55 bits per heavy atom. The maximum Gasteiger partial charge on any atom is 0.303 e. The molecule has 0 saturated carbocycles. The zero-order valence-electron chi connectivity index (χ0n) is 29.1. The van der Waals surface area contributed by atoms with Gasteiger partial charge in [0, 0.05) is 60.5 Å². The molecule has 5 nitrogen and oxygen atoms in total. The van der Waals surface area contributed by atoms with E-state index < -0.39 is 5.97 Å². The summed E-state index contributed by atoms with van der Waals surface area (Å²) in [5.41, 5.74) is 10.6. The van der Waals surface area contributed by atoms with E-state index >= 15 is 0 Å². The van der Waals surface area contributed by atoms with E-state index in [4.69, 9.17) is 5.11 Å². The van der Waals surface area contributed by atoms with Crippen LogP contribution in [0.15, 0.2) is 95.8 Å². The fraction of sp³-hybridized carbons (Fsp3) is 0.476. The van der Waals surface area contributed by atoms with Crippen molar-refractivity contribution in [2.75, 3.05) is 24.6 Å². The zero-order valence-corrected chi connectivity index (χ0v) is 29.1. The minimum Gasteiger partial charge on any atom is -0.481 e. The smallest absolute Gasteiger partial charge is 0.303 e. The fourth-order valence-corrected chi connectivity index (χ4v) is 7.74. The van der Waals surface area contributed by atoms with Gasteiger partial charge < -0.3 is 15.1 Å². The maximum atomic E-state index is 11.0. The Labute approximate surface area is 282 Å². The van der Waals surface area contributed by atoms with E-state index in [1.807, 2.05) is 0 Å². The number of benzene rings is 2. The summed E-state index contributed by atoms with van der Waals surface area (Å²) in [4.78, 5) is 13.5. The number of fused-ring (bicyclic) bond motifs is 2. The van der Waals surface area contributed by atoms with E-state index in [2.05, 4.69) is 116 Å². The van der Waals surface area contributed by atoms with Gasteiger partial charge in [-0.2, -0.15) is 4.58 Å². The minimum absolute atomic E-state index is 0.0589. The third-order valence-corrected chi connectivity index (χ3v) is 10.4. The average molecular weight is 636 g/mol. The molecule has 2 aromatic carbocycles. The van der Waals surface area contributed by atoms with E-state index in [-0.39, 0.29) is 23.9 Å². The molecular weight excluding hydrogens is 580 g/mol. The summed E-state index contributed by atoms with van der Waals surface area (Å²) in [6.45, 7) is 11.5. The number of unbranched alkanes of at least 4 members (excludes halogenated alkanes) is 5. The molecule has 0 saturated heterocycles. The molecule has 0 unspecified atom stereocenters. The third-order valence-electron chi connectivity index (χ3n) is 10.4. The average Bonchev–Trinajstić information content (AvgIpc) is 3.41. The molecular formula is C42H55N2O3+. The van der Waals surface area contributed by atoms with Gasteiger partial charge in [0.1, 0.15) is 6.54 Å². The summed E-state index contributed by atoms with van der Waals surface area (Å²) in [5, 5.41) is 18.2. The Morgan fingerprint density at radius 1 is 0.830 bits per heavy atom. The summed E-state index contributed by atoms with van der Waals surface area (Å²) in [6.07, 6.45) is 22.2. The molecule has 0 amide bonds. The van der Waals surface area contributed by atoms with E-state index in [0.29, 0.717) is 0 Å².